The zero-order chi connectivity index (χ0) is 38.3. The van der Waals surface area contributed by atoms with Crippen LogP contribution in [0.3, 0.4) is 0 Å². The minimum Gasteiger partial charge on any atom is -0.507 e. The van der Waals surface area contributed by atoms with Crippen LogP contribution in [-0.4, -0.2) is 87.3 Å². The number of carbonyl (C=O) groups is 3. The van der Waals surface area contributed by atoms with Gasteiger partial charge >= 0.3 is 0 Å². The number of rotatable bonds is 15. The highest BCUT2D eigenvalue weighted by Crippen LogP contribution is 2.59. The van der Waals surface area contributed by atoms with E-state index in [4.69, 9.17) is 18.4 Å². The van der Waals surface area contributed by atoms with Gasteiger partial charge < -0.3 is 28.4 Å². The van der Waals surface area contributed by atoms with E-state index in [0.717, 1.165) is 43.2 Å². The summed E-state index contributed by atoms with van der Waals surface area (Å²) >= 11 is 0. The predicted octanol–water partition coefficient (Wildman–Crippen LogP) is 7.98. The molecule has 4 atom stereocenters. The Kier molecular flexibility index (Phi) is 11.5. The number of anilines is 1. The molecule has 11 nitrogen and oxygen atoms in total. The van der Waals surface area contributed by atoms with Crippen LogP contribution in [0, 0.1) is 11.8 Å². The summed E-state index contributed by atoms with van der Waals surface area (Å²) in [5, 5.41) is 16.4. The van der Waals surface area contributed by atoms with E-state index in [1.54, 1.807) is 6.07 Å². The van der Waals surface area contributed by atoms with Crippen LogP contribution >= 0.6 is 0 Å². The molecule has 5 rings (SSSR count). The maximum atomic E-state index is 15.7. The maximum absolute atomic E-state index is 15.7. The van der Waals surface area contributed by atoms with Crippen molar-refractivity contribution >= 4 is 37.6 Å². The molecule has 3 aliphatic carbocycles. The van der Waals surface area contributed by atoms with Crippen molar-refractivity contribution in [3.63, 3.8) is 0 Å². The van der Waals surface area contributed by atoms with Gasteiger partial charge in [-0.15, -0.1) is 0 Å². The number of benzene rings is 1. The molecule has 3 aliphatic rings. The van der Waals surface area contributed by atoms with E-state index in [1.807, 2.05) is 52.9 Å². The number of carbonyl (C=O) groups excluding carboxylic acids is 3. The number of hydrogen-bond donors (Lipinski definition) is 1. The molecular formula is C40H59N3O8Si. The second kappa shape index (κ2) is 15.1. The number of ether oxygens (including phenoxy) is 2. The van der Waals surface area contributed by atoms with E-state index in [0.29, 0.717) is 61.8 Å². The lowest BCUT2D eigenvalue weighted by molar-refractivity contribution is -0.140. The monoisotopic (exact) mass is 737 g/mol. The molecule has 0 saturated heterocycles. The van der Waals surface area contributed by atoms with Crippen LogP contribution in [0.5, 0.6) is 11.6 Å². The van der Waals surface area contributed by atoms with E-state index in [1.165, 1.54) is 0 Å². The summed E-state index contributed by atoms with van der Waals surface area (Å²) in [5.41, 5.74) is 0.731. The number of aldehydes is 1. The van der Waals surface area contributed by atoms with Gasteiger partial charge in [0.15, 0.2) is 26.0 Å². The maximum Gasteiger partial charge on any atom is 0.265 e. The highest BCUT2D eigenvalue weighted by Gasteiger charge is 2.69. The molecular weight excluding hydrogens is 679 g/mol. The molecule has 0 bridgehead atoms. The van der Waals surface area contributed by atoms with Crippen molar-refractivity contribution in [1.29, 1.82) is 0 Å². The Labute approximate surface area is 310 Å². The summed E-state index contributed by atoms with van der Waals surface area (Å²) in [7, 11) is 0.942. The Balaban J connectivity index is 1.82. The van der Waals surface area contributed by atoms with Crippen LogP contribution in [0.15, 0.2) is 16.2 Å². The van der Waals surface area contributed by atoms with Crippen LogP contribution < -0.4 is 14.4 Å². The van der Waals surface area contributed by atoms with Crippen molar-refractivity contribution < 1.29 is 37.9 Å². The van der Waals surface area contributed by atoms with E-state index < -0.39 is 43.4 Å². The van der Waals surface area contributed by atoms with E-state index >= 15 is 9.59 Å². The summed E-state index contributed by atoms with van der Waals surface area (Å²) in [6.45, 7) is 20.5. The second-order valence-electron chi connectivity index (χ2n) is 16.3. The van der Waals surface area contributed by atoms with Crippen LogP contribution in [0.1, 0.15) is 124 Å². The smallest absolute Gasteiger partial charge is 0.265 e. The van der Waals surface area contributed by atoms with Gasteiger partial charge in [0.05, 0.1) is 30.5 Å². The average Bonchev–Trinajstić information content (AvgIpc) is 3.49. The fourth-order valence-corrected chi connectivity index (χ4v) is 9.50. The van der Waals surface area contributed by atoms with Crippen LogP contribution in [-0.2, 0) is 15.6 Å². The number of ketones is 2. The fraction of sp³-hybridized carbons (Fsp3) is 0.650. The van der Waals surface area contributed by atoms with Gasteiger partial charge in [-0.25, -0.2) is 0 Å². The zero-order valence-corrected chi connectivity index (χ0v) is 34.1. The number of Topliss-reactive ketones (excluding diaryl/α,β-unsaturated/α-hetero) is 2. The lowest BCUT2D eigenvalue weighted by Gasteiger charge is -2.55. The third kappa shape index (κ3) is 6.42. The van der Waals surface area contributed by atoms with Gasteiger partial charge in [-0.1, -0.05) is 47.5 Å². The molecule has 0 aliphatic heterocycles. The molecule has 0 radical (unpaired) electrons. The van der Waals surface area contributed by atoms with Crippen molar-refractivity contribution in [2.75, 3.05) is 45.3 Å². The van der Waals surface area contributed by atoms with Gasteiger partial charge in [0.25, 0.3) is 5.88 Å². The highest BCUT2D eigenvalue weighted by atomic mass is 28.4. The summed E-state index contributed by atoms with van der Waals surface area (Å²) in [5.74, 6) is -1.64. The molecule has 0 spiro atoms. The first-order valence-corrected chi connectivity index (χ1v) is 22.0. The highest BCUT2D eigenvalue weighted by molar-refractivity contribution is 6.74. The molecule has 2 aromatic rings. The van der Waals surface area contributed by atoms with Crippen molar-refractivity contribution in [3.8, 4) is 11.6 Å². The lowest BCUT2D eigenvalue weighted by Crippen LogP contribution is -2.68. The zero-order valence-electron chi connectivity index (χ0n) is 33.1. The molecule has 1 saturated carbocycles. The molecule has 1 heterocycles. The Hall–Kier alpha value is -3.48. The van der Waals surface area contributed by atoms with Gasteiger partial charge in [0, 0.05) is 30.1 Å². The van der Waals surface area contributed by atoms with Crippen molar-refractivity contribution in [3.05, 3.63) is 39.7 Å². The SMILES string of the molecule is CCCCOc1cc(C=O)c(N(CC)CC)c2c1C(O)=C1C(=O)[C@]3(O[Si](C)(C)C(C)(C)C)C(=O)c4c(OCCCC)noc4[C@@H](N(C)C)[C@@H]3C[C@@H]1C2. The molecule has 52 heavy (non-hydrogen) atoms. The number of aromatic nitrogens is 1. The first kappa shape index (κ1) is 39.7. The first-order chi connectivity index (χ1) is 24.6. The topological polar surface area (TPSA) is 132 Å². The summed E-state index contributed by atoms with van der Waals surface area (Å²) in [4.78, 5) is 47.8. The molecule has 0 unspecified atom stereocenters. The van der Waals surface area contributed by atoms with Gasteiger partial charge in [-0.2, -0.15) is 0 Å². The third-order valence-corrected chi connectivity index (χ3v) is 16.2. The van der Waals surface area contributed by atoms with Crippen LogP contribution in [0.2, 0.25) is 18.1 Å². The Morgan fingerprint density at radius 2 is 1.65 bits per heavy atom. The molecule has 1 fully saturated rings. The molecule has 1 aromatic heterocycles. The van der Waals surface area contributed by atoms with Crippen molar-refractivity contribution in [2.45, 2.75) is 117 Å². The minimum absolute atomic E-state index is 0.0657. The largest absolute Gasteiger partial charge is 0.507 e. The molecule has 1 N–H and O–H groups in total. The Morgan fingerprint density at radius 1 is 1.02 bits per heavy atom. The molecule has 286 valence electrons. The molecule has 0 amide bonds. The van der Waals surface area contributed by atoms with Gasteiger partial charge in [-0.3, -0.25) is 19.3 Å². The number of unbranched alkanes of at least 4 members (excludes halogenated alkanes) is 2. The number of aliphatic hydroxyl groups is 1. The number of aliphatic hydroxyl groups excluding tert-OH is 1. The summed E-state index contributed by atoms with van der Waals surface area (Å²) in [6, 6.07) is 1.13. The summed E-state index contributed by atoms with van der Waals surface area (Å²) in [6.07, 6.45) is 4.87. The van der Waals surface area contributed by atoms with Crippen molar-refractivity contribution in [1.82, 2.24) is 10.1 Å². The molecule has 12 heteroatoms. The standard InChI is InChI=1S/C40H59N3O8Si/c1-12-16-18-48-28-22-25(23-44)32(43(14-3)15-4)26-20-24-21-27-33(42(8)9)35-31(38(41-50-35)49-19-17-13-2)37(47)40(27,51-52(10,11)39(5,6)7)36(46)29(24)34(45)30(26)28/h22-24,27,33,45H,12-21H2,1-11H3/t24-,27-,33-,40-/m0/s1. The number of nitrogens with zero attached hydrogens (tertiary/aromatic N) is 3. The van der Waals surface area contributed by atoms with Gasteiger partial charge in [0.1, 0.15) is 17.1 Å². The summed E-state index contributed by atoms with van der Waals surface area (Å²) < 4.78 is 25.5. The lowest BCUT2D eigenvalue weighted by atomic mass is 9.57. The van der Waals surface area contributed by atoms with E-state index in [2.05, 4.69) is 37.8 Å². The number of hydrogen-bond acceptors (Lipinski definition) is 11. The van der Waals surface area contributed by atoms with E-state index in [-0.39, 0.29) is 27.8 Å². The van der Waals surface area contributed by atoms with Crippen LogP contribution in [0.25, 0.3) is 5.76 Å². The Morgan fingerprint density at radius 3 is 2.21 bits per heavy atom. The first-order valence-electron chi connectivity index (χ1n) is 19.1. The van der Waals surface area contributed by atoms with Gasteiger partial charge in [0.2, 0.25) is 11.6 Å². The average molecular weight is 738 g/mol. The Bertz CT molecular complexity index is 1720. The predicted molar refractivity (Wildman–Crippen MR) is 204 cm³/mol. The van der Waals surface area contributed by atoms with Gasteiger partial charge in [-0.05, 0) is 94.5 Å². The van der Waals surface area contributed by atoms with Crippen molar-refractivity contribution in [2.24, 2.45) is 11.8 Å². The quantitative estimate of drug-likeness (QED) is 0.0826. The second-order valence-corrected chi connectivity index (χ2v) is 21.0. The third-order valence-electron chi connectivity index (χ3n) is 11.8. The number of fused-ring (bicyclic) bond motifs is 4. The van der Waals surface area contributed by atoms with Crippen LogP contribution in [0.4, 0.5) is 5.69 Å². The minimum atomic E-state index is -2.86. The van der Waals surface area contributed by atoms with E-state index in [9.17, 15) is 9.90 Å². The molecule has 1 aromatic carbocycles. The fourth-order valence-electron chi connectivity index (χ4n) is 8.06. The normalized spacial score (nSPS) is 22.9.